The first kappa shape index (κ1) is 21.8. The number of morpholine rings is 1. The van der Waals surface area contributed by atoms with Crippen LogP contribution < -0.4 is 10.6 Å². The number of nitrogens with zero attached hydrogens (tertiary/aromatic N) is 3. The lowest BCUT2D eigenvalue weighted by Gasteiger charge is -2.34. The van der Waals surface area contributed by atoms with E-state index in [1.165, 1.54) is 24.3 Å². The van der Waals surface area contributed by atoms with E-state index in [1.54, 1.807) is 18.2 Å². The number of halogens is 1. The highest BCUT2D eigenvalue weighted by molar-refractivity contribution is 7.92. The average molecular weight is 469 g/mol. The summed E-state index contributed by atoms with van der Waals surface area (Å²) in [7, 11) is -3.78. The van der Waals surface area contributed by atoms with Crippen LogP contribution in [0, 0.1) is 5.82 Å². The number of hydrogen-bond donors (Lipinski definition) is 1. The molecule has 33 heavy (non-hydrogen) atoms. The zero-order valence-corrected chi connectivity index (χ0v) is 19.1. The smallest absolute Gasteiger partial charge is 0.189 e. The van der Waals surface area contributed by atoms with E-state index in [0.29, 0.717) is 55.6 Å². The molecule has 1 atom stereocenters. The molecule has 2 aromatic carbocycles. The molecule has 0 spiro atoms. The van der Waals surface area contributed by atoms with Gasteiger partial charge in [-0.15, -0.1) is 0 Å². The molecule has 2 fully saturated rings. The minimum Gasteiger partial charge on any atom is -0.399 e. The summed E-state index contributed by atoms with van der Waals surface area (Å²) >= 11 is 0. The van der Waals surface area contributed by atoms with Gasteiger partial charge in [0.15, 0.2) is 15.7 Å². The van der Waals surface area contributed by atoms with Gasteiger partial charge in [-0.1, -0.05) is 0 Å². The summed E-state index contributed by atoms with van der Waals surface area (Å²) in [5.74, 6) is 0.639. The lowest BCUT2D eigenvalue weighted by molar-refractivity contribution is 0.0985. The molecule has 172 valence electrons. The van der Waals surface area contributed by atoms with Gasteiger partial charge in [0.05, 0.1) is 29.8 Å². The van der Waals surface area contributed by atoms with Crippen LogP contribution in [0.3, 0.4) is 0 Å². The molecule has 1 aromatic heterocycles. The van der Waals surface area contributed by atoms with Gasteiger partial charge < -0.3 is 15.4 Å². The third kappa shape index (κ3) is 3.85. The molecular weight excluding hydrogens is 443 g/mol. The Labute approximate surface area is 192 Å². The number of aromatic nitrogens is 2. The number of ether oxygens (including phenoxy) is 1. The van der Waals surface area contributed by atoms with E-state index in [-0.39, 0.29) is 10.9 Å². The SMILES string of the molecule is C[C@H]1COCCN1c1cc(C2(S(=O)(=O)c3ccc(F)cc3)CC2)nc(-c2ccc(N)cc2)n1. The second kappa shape index (κ2) is 8.07. The molecule has 2 N–H and O–H groups in total. The van der Waals surface area contributed by atoms with E-state index >= 15 is 0 Å². The number of rotatable bonds is 5. The molecule has 3 aromatic rings. The van der Waals surface area contributed by atoms with Crippen LogP contribution in [0.2, 0.25) is 0 Å². The van der Waals surface area contributed by atoms with E-state index in [0.717, 1.165) is 5.56 Å². The van der Waals surface area contributed by atoms with Crippen LogP contribution in [0.4, 0.5) is 15.9 Å². The van der Waals surface area contributed by atoms with Crippen molar-refractivity contribution in [3.63, 3.8) is 0 Å². The zero-order valence-electron chi connectivity index (χ0n) is 18.2. The minimum atomic E-state index is -3.78. The van der Waals surface area contributed by atoms with Crippen LogP contribution in [0.25, 0.3) is 11.4 Å². The summed E-state index contributed by atoms with van der Waals surface area (Å²) in [6.45, 7) is 3.83. The maximum absolute atomic E-state index is 13.6. The molecule has 0 amide bonds. The molecular formula is C24H25FN4O3S. The Bertz CT molecular complexity index is 1280. The van der Waals surface area contributed by atoms with E-state index < -0.39 is 20.4 Å². The van der Waals surface area contributed by atoms with Crippen molar-refractivity contribution in [1.82, 2.24) is 9.97 Å². The highest BCUT2D eigenvalue weighted by atomic mass is 32.2. The van der Waals surface area contributed by atoms with Crippen LogP contribution in [-0.4, -0.2) is 44.2 Å². The first-order valence-corrected chi connectivity index (χ1v) is 12.4. The van der Waals surface area contributed by atoms with Crippen LogP contribution in [0.1, 0.15) is 25.5 Å². The quantitative estimate of drug-likeness (QED) is 0.452. The van der Waals surface area contributed by atoms with Gasteiger partial charge >= 0.3 is 0 Å². The van der Waals surface area contributed by atoms with E-state index in [2.05, 4.69) is 4.90 Å². The van der Waals surface area contributed by atoms with Gasteiger partial charge in [0.1, 0.15) is 16.4 Å². The van der Waals surface area contributed by atoms with Gasteiger partial charge in [0.25, 0.3) is 0 Å². The fraction of sp³-hybridized carbons (Fsp3) is 0.333. The van der Waals surface area contributed by atoms with Crippen molar-refractivity contribution in [1.29, 1.82) is 0 Å². The summed E-state index contributed by atoms with van der Waals surface area (Å²) in [5, 5.41) is 0. The van der Waals surface area contributed by atoms with Gasteiger partial charge in [-0.3, -0.25) is 0 Å². The predicted molar refractivity (Wildman–Crippen MR) is 124 cm³/mol. The summed E-state index contributed by atoms with van der Waals surface area (Å²) in [6.07, 6.45) is 0.895. The Hall–Kier alpha value is -3.04. The summed E-state index contributed by atoms with van der Waals surface area (Å²) in [6, 6.07) is 14.0. The van der Waals surface area contributed by atoms with Crippen LogP contribution in [0.5, 0.6) is 0 Å². The second-order valence-electron chi connectivity index (χ2n) is 8.63. The van der Waals surface area contributed by atoms with Crippen molar-refractivity contribution < 1.29 is 17.5 Å². The molecule has 0 bridgehead atoms. The van der Waals surface area contributed by atoms with Gasteiger partial charge in [-0.25, -0.2) is 22.8 Å². The zero-order chi connectivity index (χ0) is 23.2. The summed E-state index contributed by atoms with van der Waals surface area (Å²) < 4.78 is 45.1. The normalized spacial score (nSPS) is 19.9. The lowest BCUT2D eigenvalue weighted by Crippen LogP contribution is -2.44. The van der Waals surface area contributed by atoms with Gasteiger partial charge in [-0.2, -0.15) is 0 Å². The maximum atomic E-state index is 13.6. The molecule has 7 nitrogen and oxygen atoms in total. The second-order valence-corrected chi connectivity index (χ2v) is 10.9. The highest BCUT2D eigenvalue weighted by Gasteiger charge is 2.58. The number of nitrogen functional groups attached to an aromatic ring is 1. The first-order valence-electron chi connectivity index (χ1n) is 10.9. The van der Waals surface area contributed by atoms with Crippen LogP contribution in [-0.2, 0) is 19.3 Å². The molecule has 1 aliphatic heterocycles. The number of anilines is 2. The highest BCUT2D eigenvalue weighted by Crippen LogP contribution is 2.55. The Morgan fingerprint density at radius 2 is 1.79 bits per heavy atom. The van der Waals surface area contributed by atoms with Gasteiger partial charge in [0, 0.05) is 23.9 Å². The molecule has 1 aliphatic carbocycles. The van der Waals surface area contributed by atoms with Crippen molar-refractivity contribution in [2.45, 2.75) is 35.4 Å². The first-order chi connectivity index (χ1) is 15.8. The largest absolute Gasteiger partial charge is 0.399 e. The fourth-order valence-electron chi connectivity index (χ4n) is 4.26. The summed E-state index contributed by atoms with van der Waals surface area (Å²) in [5.41, 5.74) is 7.68. The number of benzene rings is 2. The van der Waals surface area contributed by atoms with Gasteiger partial charge in [0.2, 0.25) is 0 Å². The monoisotopic (exact) mass is 468 g/mol. The molecule has 2 aliphatic rings. The Morgan fingerprint density at radius 1 is 1.09 bits per heavy atom. The molecule has 2 heterocycles. The third-order valence-electron chi connectivity index (χ3n) is 6.35. The van der Waals surface area contributed by atoms with E-state index in [9.17, 15) is 12.8 Å². The van der Waals surface area contributed by atoms with Crippen LogP contribution >= 0.6 is 0 Å². The topological polar surface area (TPSA) is 98.4 Å². The molecule has 9 heteroatoms. The molecule has 0 radical (unpaired) electrons. The van der Waals surface area contributed by atoms with Crippen LogP contribution in [0.15, 0.2) is 59.5 Å². The van der Waals surface area contributed by atoms with Crippen molar-refractivity contribution in [2.24, 2.45) is 0 Å². The molecule has 5 rings (SSSR count). The number of hydrogen-bond acceptors (Lipinski definition) is 7. The molecule has 1 saturated heterocycles. The Morgan fingerprint density at radius 3 is 2.42 bits per heavy atom. The Kier molecular flexibility index (Phi) is 5.33. The fourth-order valence-corrected chi connectivity index (χ4v) is 6.22. The van der Waals surface area contributed by atoms with Crippen molar-refractivity contribution in [2.75, 3.05) is 30.4 Å². The van der Waals surface area contributed by atoms with Crippen molar-refractivity contribution >= 4 is 21.3 Å². The minimum absolute atomic E-state index is 0.0876. The standard InChI is InChI=1S/C24H25FN4O3S/c1-16-15-32-13-12-29(16)22-14-21(27-23(28-22)17-2-6-19(26)7-3-17)24(10-11-24)33(30,31)20-8-4-18(25)5-9-20/h2-9,14,16H,10-13,15,26H2,1H3/t16-/m0/s1. The number of sulfone groups is 1. The van der Waals surface area contributed by atoms with Crippen molar-refractivity contribution in [3.8, 4) is 11.4 Å². The van der Waals surface area contributed by atoms with Gasteiger partial charge in [-0.05, 0) is 68.3 Å². The summed E-state index contributed by atoms with van der Waals surface area (Å²) in [4.78, 5) is 11.7. The Balaban J connectivity index is 1.64. The lowest BCUT2D eigenvalue weighted by atomic mass is 10.1. The maximum Gasteiger partial charge on any atom is 0.189 e. The third-order valence-corrected chi connectivity index (χ3v) is 8.89. The van der Waals surface area contributed by atoms with E-state index in [4.69, 9.17) is 20.4 Å². The van der Waals surface area contributed by atoms with E-state index in [1.807, 2.05) is 19.1 Å². The molecule has 1 saturated carbocycles. The predicted octanol–water partition coefficient (Wildman–Crippen LogP) is 3.55. The number of nitrogens with two attached hydrogens (primary N) is 1. The molecule has 0 unspecified atom stereocenters. The average Bonchev–Trinajstić information content (AvgIpc) is 3.63. The van der Waals surface area contributed by atoms with Crippen molar-refractivity contribution in [3.05, 3.63) is 66.1 Å².